The van der Waals surface area contributed by atoms with Crippen LogP contribution in [0.5, 0.6) is 0 Å². The predicted octanol–water partition coefficient (Wildman–Crippen LogP) is 6.77. The molecule has 0 aromatic carbocycles. The standard InChI is InChI=1S/C21H38O2/c1-4-6-7-8-9-10-11-12-15-20(5-2)16-13-14-19(3)17-18-21(22)23/h4,6,13,16,19-20H,5,7-12,14-15,17-18H2,1-3H3,(H,22,23)/b6-4+,16-13+. The van der Waals surface area contributed by atoms with Crippen LogP contribution in [0.2, 0.25) is 0 Å². The van der Waals surface area contributed by atoms with E-state index in [1.807, 2.05) is 0 Å². The number of aliphatic carboxylic acids is 1. The molecule has 0 aliphatic rings. The van der Waals surface area contributed by atoms with Gasteiger partial charge in [-0.3, -0.25) is 4.79 Å². The molecule has 0 saturated carbocycles. The first-order valence-electron chi connectivity index (χ1n) is 9.59. The molecule has 0 aliphatic heterocycles. The quantitative estimate of drug-likeness (QED) is 0.267. The summed E-state index contributed by atoms with van der Waals surface area (Å²) >= 11 is 0. The molecule has 0 amide bonds. The van der Waals surface area contributed by atoms with E-state index in [1.54, 1.807) is 0 Å². The molecule has 0 fully saturated rings. The van der Waals surface area contributed by atoms with Gasteiger partial charge >= 0.3 is 5.97 Å². The Balaban J connectivity index is 3.68. The molecule has 134 valence electrons. The van der Waals surface area contributed by atoms with E-state index >= 15 is 0 Å². The molecule has 2 heteroatoms. The monoisotopic (exact) mass is 322 g/mol. The molecule has 23 heavy (non-hydrogen) atoms. The van der Waals surface area contributed by atoms with E-state index in [9.17, 15) is 4.79 Å². The number of carboxylic acids is 1. The molecule has 0 bridgehead atoms. The minimum atomic E-state index is -0.682. The van der Waals surface area contributed by atoms with Crippen molar-refractivity contribution in [3.63, 3.8) is 0 Å². The Morgan fingerprint density at radius 3 is 2.39 bits per heavy atom. The smallest absolute Gasteiger partial charge is 0.303 e. The van der Waals surface area contributed by atoms with Gasteiger partial charge < -0.3 is 5.11 Å². The summed E-state index contributed by atoms with van der Waals surface area (Å²) in [5.41, 5.74) is 0. The molecule has 0 aliphatic carbocycles. The Morgan fingerprint density at radius 1 is 1.04 bits per heavy atom. The molecule has 0 radical (unpaired) electrons. The van der Waals surface area contributed by atoms with Crippen LogP contribution in [0.4, 0.5) is 0 Å². The van der Waals surface area contributed by atoms with Crippen molar-refractivity contribution in [1.82, 2.24) is 0 Å². The molecule has 0 saturated heterocycles. The van der Waals surface area contributed by atoms with Crippen LogP contribution in [-0.4, -0.2) is 11.1 Å². The van der Waals surface area contributed by atoms with Crippen LogP contribution in [0.15, 0.2) is 24.3 Å². The number of rotatable bonds is 15. The highest BCUT2D eigenvalue weighted by molar-refractivity contribution is 5.66. The second kappa shape index (κ2) is 15.8. The van der Waals surface area contributed by atoms with Gasteiger partial charge in [0.25, 0.3) is 0 Å². The van der Waals surface area contributed by atoms with Crippen molar-refractivity contribution in [3.05, 3.63) is 24.3 Å². The largest absolute Gasteiger partial charge is 0.481 e. The maximum atomic E-state index is 10.6. The SMILES string of the molecule is C/C=C/CCCCCCCC(/C=C/CC(C)CCC(=O)O)CC. The minimum Gasteiger partial charge on any atom is -0.481 e. The molecular formula is C21H38O2. The third-order valence-corrected chi connectivity index (χ3v) is 4.50. The number of unbranched alkanes of at least 4 members (excludes halogenated alkanes) is 5. The molecule has 0 heterocycles. The summed E-state index contributed by atoms with van der Waals surface area (Å²) in [7, 11) is 0. The van der Waals surface area contributed by atoms with E-state index in [4.69, 9.17) is 5.11 Å². The maximum Gasteiger partial charge on any atom is 0.303 e. The van der Waals surface area contributed by atoms with Gasteiger partial charge in [0.05, 0.1) is 0 Å². The second-order valence-electron chi connectivity index (χ2n) is 6.78. The third kappa shape index (κ3) is 15.6. The summed E-state index contributed by atoms with van der Waals surface area (Å²) in [5, 5.41) is 8.69. The lowest BCUT2D eigenvalue weighted by Gasteiger charge is -2.11. The number of hydrogen-bond acceptors (Lipinski definition) is 1. The van der Waals surface area contributed by atoms with Crippen molar-refractivity contribution < 1.29 is 9.90 Å². The van der Waals surface area contributed by atoms with E-state index in [0.29, 0.717) is 18.3 Å². The van der Waals surface area contributed by atoms with E-state index in [2.05, 4.69) is 45.1 Å². The molecule has 0 rings (SSSR count). The Labute approximate surface area is 144 Å². The topological polar surface area (TPSA) is 37.3 Å². The Kier molecular flexibility index (Phi) is 15.1. The highest BCUT2D eigenvalue weighted by Gasteiger charge is 2.05. The number of carbonyl (C=O) groups is 1. The van der Waals surface area contributed by atoms with Crippen LogP contribution in [-0.2, 0) is 4.79 Å². The zero-order valence-electron chi connectivity index (χ0n) is 15.6. The van der Waals surface area contributed by atoms with Crippen molar-refractivity contribution in [3.8, 4) is 0 Å². The zero-order valence-corrected chi connectivity index (χ0v) is 15.6. The van der Waals surface area contributed by atoms with Gasteiger partial charge in [-0.2, -0.15) is 0 Å². The average Bonchev–Trinajstić information content (AvgIpc) is 2.53. The molecule has 0 spiro atoms. The minimum absolute atomic E-state index is 0.292. The molecule has 0 aromatic rings. The van der Waals surface area contributed by atoms with Gasteiger partial charge in [-0.1, -0.05) is 63.8 Å². The van der Waals surface area contributed by atoms with Crippen molar-refractivity contribution in [1.29, 1.82) is 0 Å². The molecule has 0 aromatic heterocycles. The van der Waals surface area contributed by atoms with E-state index < -0.39 is 5.97 Å². The fourth-order valence-electron chi connectivity index (χ4n) is 2.79. The lowest BCUT2D eigenvalue weighted by Crippen LogP contribution is -2.00. The summed E-state index contributed by atoms with van der Waals surface area (Å²) < 4.78 is 0. The zero-order chi connectivity index (χ0) is 17.3. The van der Waals surface area contributed by atoms with Gasteiger partial charge in [-0.25, -0.2) is 0 Å². The van der Waals surface area contributed by atoms with Crippen LogP contribution in [0.1, 0.15) is 91.4 Å². The van der Waals surface area contributed by atoms with Crippen LogP contribution < -0.4 is 0 Å². The number of allylic oxidation sites excluding steroid dienone is 4. The summed E-state index contributed by atoms with van der Waals surface area (Å²) in [6.45, 7) is 6.49. The Bertz CT molecular complexity index is 331. The summed E-state index contributed by atoms with van der Waals surface area (Å²) in [6, 6.07) is 0. The Hall–Kier alpha value is -1.05. The first kappa shape index (κ1) is 21.9. The fourth-order valence-corrected chi connectivity index (χ4v) is 2.79. The summed E-state index contributed by atoms with van der Waals surface area (Å²) in [6.07, 6.45) is 21.6. The van der Waals surface area contributed by atoms with Crippen molar-refractivity contribution in [2.75, 3.05) is 0 Å². The molecule has 2 atom stereocenters. The van der Waals surface area contributed by atoms with Crippen LogP contribution in [0.25, 0.3) is 0 Å². The van der Waals surface area contributed by atoms with Crippen LogP contribution >= 0.6 is 0 Å². The molecule has 2 nitrogen and oxygen atoms in total. The van der Waals surface area contributed by atoms with Crippen molar-refractivity contribution in [2.24, 2.45) is 11.8 Å². The number of hydrogen-bond donors (Lipinski definition) is 1. The van der Waals surface area contributed by atoms with E-state index in [1.165, 1.54) is 51.4 Å². The molecule has 2 unspecified atom stereocenters. The highest BCUT2D eigenvalue weighted by atomic mass is 16.4. The van der Waals surface area contributed by atoms with Gasteiger partial charge in [0, 0.05) is 6.42 Å². The van der Waals surface area contributed by atoms with Gasteiger partial charge in [0.1, 0.15) is 0 Å². The van der Waals surface area contributed by atoms with E-state index in [0.717, 1.165) is 12.8 Å². The van der Waals surface area contributed by atoms with E-state index in [-0.39, 0.29) is 0 Å². The van der Waals surface area contributed by atoms with Crippen molar-refractivity contribution in [2.45, 2.75) is 91.4 Å². The summed E-state index contributed by atoms with van der Waals surface area (Å²) in [4.78, 5) is 10.6. The fraction of sp³-hybridized carbons (Fsp3) is 0.762. The van der Waals surface area contributed by atoms with Crippen LogP contribution in [0.3, 0.4) is 0 Å². The lowest BCUT2D eigenvalue weighted by atomic mass is 9.95. The number of carboxylic acid groups (broad SMARTS) is 1. The van der Waals surface area contributed by atoms with Gasteiger partial charge in [0.2, 0.25) is 0 Å². The lowest BCUT2D eigenvalue weighted by molar-refractivity contribution is -0.137. The van der Waals surface area contributed by atoms with Gasteiger partial charge in [-0.15, -0.1) is 0 Å². The second-order valence-corrected chi connectivity index (χ2v) is 6.78. The highest BCUT2D eigenvalue weighted by Crippen LogP contribution is 2.18. The molecule has 1 N–H and O–H groups in total. The van der Waals surface area contributed by atoms with Crippen molar-refractivity contribution >= 4 is 5.97 Å². The third-order valence-electron chi connectivity index (χ3n) is 4.50. The molecular weight excluding hydrogens is 284 g/mol. The maximum absolute atomic E-state index is 10.6. The Morgan fingerprint density at radius 2 is 1.74 bits per heavy atom. The van der Waals surface area contributed by atoms with Gasteiger partial charge in [-0.05, 0) is 57.3 Å². The first-order valence-corrected chi connectivity index (χ1v) is 9.59. The van der Waals surface area contributed by atoms with Crippen LogP contribution in [0, 0.1) is 11.8 Å². The normalized spacial score (nSPS) is 14.6. The average molecular weight is 323 g/mol. The predicted molar refractivity (Wildman–Crippen MR) is 101 cm³/mol. The first-order chi connectivity index (χ1) is 11.1. The summed E-state index contributed by atoms with van der Waals surface area (Å²) in [5.74, 6) is 0.486. The van der Waals surface area contributed by atoms with Gasteiger partial charge in [0.15, 0.2) is 0 Å².